The molecule has 0 aliphatic heterocycles. The van der Waals surface area contributed by atoms with Crippen LogP contribution in [0.15, 0.2) is 54.9 Å². The molecule has 5 heteroatoms. The molecule has 0 spiro atoms. The van der Waals surface area contributed by atoms with Crippen LogP contribution in [0.1, 0.15) is 10.4 Å². The van der Waals surface area contributed by atoms with Crippen molar-refractivity contribution in [3.05, 3.63) is 60.4 Å². The Labute approximate surface area is 114 Å². The summed E-state index contributed by atoms with van der Waals surface area (Å²) in [6, 6.07) is 13.7. The number of carbonyl (C=O) groups is 1. The fourth-order valence-corrected chi connectivity index (χ4v) is 1.87. The van der Waals surface area contributed by atoms with Gasteiger partial charge in [-0.15, -0.1) is 0 Å². The van der Waals surface area contributed by atoms with Gasteiger partial charge in [0.15, 0.2) is 0 Å². The van der Waals surface area contributed by atoms with Crippen molar-refractivity contribution in [3.63, 3.8) is 0 Å². The Morgan fingerprint density at radius 1 is 1.05 bits per heavy atom. The predicted octanol–water partition coefficient (Wildman–Crippen LogP) is 3.12. The van der Waals surface area contributed by atoms with Crippen LogP contribution in [0, 0.1) is 0 Å². The first-order valence-electron chi connectivity index (χ1n) is 5.95. The summed E-state index contributed by atoms with van der Waals surface area (Å²) < 4.78 is 5.67. The summed E-state index contributed by atoms with van der Waals surface area (Å²) in [6.07, 6.45) is 1.42. The Hall–Kier alpha value is -2.95. The largest absolute Gasteiger partial charge is 0.478 e. The number of hydrogen-bond donors (Lipinski definition) is 1. The topological polar surface area (TPSA) is 72.3 Å². The SMILES string of the molecule is O=C(O)c1cccc(Oc2ncnc3ccccc23)c1. The van der Waals surface area contributed by atoms with Gasteiger partial charge in [-0.3, -0.25) is 0 Å². The van der Waals surface area contributed by atoms with Crippen molar-refractivity contribution in [2.24, 2.45) is 0 Å². The van der Waals surface area contributed by atoms with E-state index in [1.165, 1.54) is 18.5 Å². The molecule has 5 nitrogen and oxygen atoms in total. The summed E-state index contributed by atoms with van der Waals surface area (Å²) in [4.78, 5) is 19.2. The molecule has 0 atom stereocenters. The second-order valence-corrected chi connectivity index (χ2v) is 4.13. The van der Waals surface area contributed by atoms with E-state index in [0.29, 0.717) is 11.6 Å². The number of fused-ring (bicyclic) bond motifs is 1. The molecule has 1 heterocycles. The van der Waals surface area contributed by atoms with E-state index in [1.54, 1.807) is 12.1 Å². The van der Waals surface area contributed by atoms with Crippen LogP contribution >= 0.6 is 0 Å². The van der Waals surface area contributed by atoms with Gasteiger partial charge in [-0.05, 0) is 30.3 Å². The van der Waals surface area contributed by atoms with Crippen LogP contribution in [-0.4, -0.2) is 21.0 Å². The van der Waals surface area contributed by atoms with Gasteiger partial charge in [0.1, 0.15) is 12.1 Å². The monoisotopic (exact) mass is 266 g/mol. The van der Waals surface area contributed by atoms with Crippen molar-refractivity contribution in [1.29, 1.82) is 0 Å². The highest BCUT2D eigenvalue weighted by Gasteiger charge is 2.08. The molecule has 0 saturated carbocycles. The predicted molar refractivity (Wildman–Crippen MR) is 73.0 cm³/mol. The molecule has 3 rings (SSSR count). The third-order valence-electron chi connectivity index (χ3n) is 2.80. The Morgan fingerprint density at radius 2 is 1.90 bits per heavy atom. The molecule has 1 aromatic heterocycles. The third kappa shape index (κ3) is 2.29. The normalized spacial score (nSPS) is 10.4. The zero-order valence-corrected chi connectivity index (χ0v) is 10.4. The van der Waals surface area contributed by atoms with Crippen molar-refractivity contribution in [1.82, 2.24) is 9.97 Å². The highest BCUT2D eigenvalue weighted by molar-refractivity contribution is 5.88. The number of nitrogens with zero attached hydrogens (tertiary/aromatic N) is 2. The summed E-state index contributed by atoms with van der Waals surface area (Å²) in [5.74, 6) is -0.171. The average Bonchev–Trinajstić information content (AvgIpc) is 2.48. The number of aromatic carboxylic acids is 1. The van der Waals surface area contributed by atoms with E-state index in [9.17, 15) is 4.79 Å². The first kappa shape index (κ1) is 12.1. The maximum atomic E-state index is 10.9. The lowest BCUT2D eigenvalue weighted by Crippen LogP contribution is -1.97. The van der Waals surface area contributed by atoms with E-state index in [-0.39, 0.29) is 5.56 Å². The maximum Gasteiger partial charge on any atom is 0.335 e. The molecule has 2 aromatic carbocycles. The van der Waals surface area contributed by atoms with E-state index in [1.807, 2.05) is 24.3 Å². The molecule has 20 heavy (non-hydrogen) atoms. The minimum Gasteiger partial charge on any atom is -0.478 e. The number of carboxylic acids is 1. The molecule has 0 aliphatic rings. The molecule has 3 aromatic rings. The fraction of sp³-hybridized carbons (Fsp3) is 0. The van der Waals surface area contributed by atoms with Crippen LogP contribution in [0.3, 0.4) is 0 Å². The van der Waals surface area contributed by atoms with Crippen molar-refractivity contribution in [3.8, 4) is 11.6 Å². The van der Waals surface area contributed by atoms with Crippen molar-refractivity contribution >= 4 is 16.9 Å². The van der Waals surface area contributed by atoms with E-state index in [4.69, 9.17) is 9.84 Å². The van der Waals surface area contributed by atoms with Crippen molar-refractivity contribution in [2.75, 3.05) is 0 Å². The van der Waals surface area contributed by atoms with Crippen molar-refractivity contribution in [2.45, 2.75) is 0 Å². The van der Waals surface area contributed by atoms with Crippen LogP contribution in [-0.2, 0) is 0 Å². The highest BCUT2D eigenvalue weighted by atomic mass is 16.5. The van der Waals surface area contributed by atoms with Crippen LogP contribution in [0.5, 0.6) is 11.6 Å². The summed E-state index contributed by atoms with van der Waals surface area (Å²) in [5, 5.41) is 9.74. The van der Waals surface area contributed by atoms with Crippen LogP contribution in [0.2, 0.25) is 0 Å². The number of aromatic nitrogens is 2. The Kier molecular flexibility index (Phi) is 3.01. The number of benzene rings is 2. The second kappa shape index (κ2) is 4.97. The van der Waals surface area contributed by atoms with E-state index < -0.39 is 5.97 Å². The van der Waals surface area contributed by atoms with Gasteiger partial charge >= 0.3 is 5.97 Å². The summed E-state index contributed by atoms with van der Waals surface area (Å²) in [7, 11) is 0. The molecule has 0 bridgehead atoms. The molecule has 0 unspecified atom stereocenters. The number of carboxylic acid groups (broad SMARTS) is 1. The molecule has 0 radical (unpaired) electrons. The zero-order valence-electron chi connectivity index (χ0n) is 10.4. The molecule has 98 valence electrons. The smallest absolute Gasteiger partial charge is 0.335 e. The maximum absolute atomic E-state index is 10.9. The van der Waals surface area contributed by atoms with Gasteiger partial charge in [0, 0.05) is 0 Å². The minimum atomic E-state index is -0.997. The average molecular weight is 266 g/mol. The fourth-order valence-electron chi connectivity index (χ4n) is 1.87. The van der Waals surface area contributed by atoms with Gasteiger partial charge in [0.2, 0.25) is 5.88 Å². The van der Waals surface area contributed by atoms with Gasteiger partial charge in [0.05, 0.1) is 16.5 Å². The lowest BCUT2D eigenvalue weighted by atomic mass is 10.2. The molecular weight excluding hydrogens is 256 g/mol. The van der Waals surface area contributed by atoms with Gasteiger partial charge in [-0.1, -0.05) is 18.2 Å². The summed E-state index contributed by atoms with van der Waals surface area (Å²) in [6.45, 7) is 0. The van der Waals surface area contributed by atoms with E-state index >= 15 is 0 Å². The Morgan fingerprint density at radius 3 is 2.75 bits per heavy atom. The summed E-state index contributed by atoms with van der Waals surface area (Å²) >= 11 is 0. The van der Waals surface area contributed by atoms with Gasteiger partial charge in [-0.2, -0.15) is 0 Å². The number of rotatable bonds is 3. The van der Waals surface area contributed by atoms with Crippen LogP contribution in [0.4, 0.5) is 0 Å². The third-order valence-corrected chi connectivity index (χ3v) is 2.80. The number of hydrogen-bond acceptors (Lipinski definition) is 4. The van der Waals surface area contributed by atoms with E-state index in [0.717, 1.165) is 10.9 Å². The molecule has 1 N–H and O–H groups in total. The number of para-hydroxylation sites is 1. The quantitative estimate of drug-likeness (QED) is 0.788. The van der Waals surface area contributed by atoms with Crippen LogP contribution < -0.4 is 4.74 Å². The molecular formula is C15H10N2O3. The Bertz CT molecular complexity index is 781. The zero-order chi connectivity index (χ0) is 13.9. The second-order valence-electron chi connectivity index (χ2n) is 4.13. The highest BCUT2D eigenvalue weighted by Crippen LogP contribution is 2.26. The minimum absolute atomic E-state index is 0.167. The van der Waals surface area contributed by atoms with E-state index in [2.05, 4.69) is 9.97 Å². The lowest BCUT2D eigenvalue weighted by Gasteiger charge is -2.07. The van der Waals surface area contributed by atoms with Gasteiger partial charge < -0.3 is 9.84 Å². The molecule has 0 aliphatic carbocycles. The number of ether oxygens (including phenoxy) is 1. The molecule has 0 amide bonds. The first-order valence-corrected chi connectivity index (χ1v) is 5.95. The van der Waals surface area contributed by atoms with Gasteiger partial charge in [0.25, 0.3) is 0 Å². The van der Waals surface area contributed by atoms with Crippen molar-refractivity contribution < 1.29 is 14.6 Å². The standard InChI is InChI=1S/C15H10N2O3/c18-15(19)10-4-3-5-11(8-10)20-14-12-6-1-2-7-13(12)16-9-17-14/h1-9H,(H,18,19). The summed E-state index contributed by atoms with van der Waals surface area (Å²) in [5.41, 5.74) is 0.938. The molecule has 0 saturated heterocycles. The lowest BCUT2D eigenvalue weighted by molar-refractivity contribution is 0.0696. The Balaban J connectivity index is 2.01. The molecule has 0 fully saturated rings. The van der Waals surface area contributed by atoms with Crippen LogP contribution in [0.25, 0.3) is 10.9 Å². The van der Waals surface area contributed by atoms with Gasteiger partial charge in [-0.25, -0.2) is 14.8 Å². The first-order chi connectivity index (χ1) is 9.74.